The first-order valence-corrected chi connectivity index (χ1v) is 9.60. The fourth-order valence-corrected chi connectivity index (χ4v) is 4.44. The number of amides is 1. The molecule has 24 heavy (non-hydrogen) atoms. The van der Waals surface area contributed by atoms with E-state index in [0.29, 0.717) is 23.0 Å². The molecule has 4 rings (SSSR count). The fourth-order valence-electron chi connectivity index (χ4n) is 4.24. The highest BCUT2D eigenvalue weighted by Gasteiger charge is 2.42. The largest absolute Gasteiger partial charge is 0.372 e. The van der Waals surface area contributed by atoms with Gasteiger partial charge < -0.3 is 15.5 Å². The minimum Gasteiger partial charge on any atom is -0.372 e. The van der Waals surface area contributed by atoms with Crippen LogP contribution in [0.1, 0.15) is 42.5 Å². The van der Waals surface area contributed by atoms with Crippen molar-refractivity contribution in [2.75, 3.05) is 31.1 Å². The van der Waals surface area contributed by atoms with Gasteiger partial charge in [-0.1, -0.05) is 11.6 Å². The zero-order valence-corrected chi connectivity index (χ0v) is 14.8. The Bertz CT molecular complexity index is 625. The van der Waals surface area contributed by atoms with Gasteiger partial charge in [-0.25, -0.2) is 0 Å². The normalized spacial score (nSPS) is 27.6. The first-order valence-electron chi connectivity index (χ1n) is 9.23. The molecule has 1 aromatic rings. The Labute approximate surface area is 148 Å². The first-order chi connectivity index (χ1) is 11.6. The second kappa shape index (κ2) is 6.57. The maximum Gasteiger partial charge on any atom is 0.255 e. The molecule has 0 spiro atoms. The molecule has 5 heteroatoms. The van der Waals surface area contributed by atoms with Crippen LogP contribution in [0.15, 0.2) is 18.2 Å². The van der Waals surface area contributed by atoms with Gasteiger partial charge in [0.05, 0.1) is 10.6 Å². The molecular weight excluding hydrogens is 322 g/mol. The van der Waals surface area contributed by atoms with Crippen LogP contribution in [-0.4, -0.2) is 43.0 Å². The van der Waals surface area contributed by atoms with Crippen LogP contribution < -0.4 is 10.6 Å². The van der Waals surface area contributed by atoms with Crippen molar-refractivity contribution in [1.29, 1.82) is 0 Å². The molecule has 130 valence electrons. The van der Waals surface area contributed by atoms with Gasteiger partial charge in [0.2, 0.25) is 0 Å². The van der Waals surface area contributed by atoms with Gasteiger partial charge >= 0.3 is 0 Å². The number of anilines is 1. The summed E-state index contributed by atoms with van der Waals surface area (Å²) in [5.41, 5.74) is 8.02. The van der Waals surface area contributed by atoms with Crippen molar-refractivity contribution in [3.05, 3.63) is 28.8 Å². The fraction of sp³-hybridized carbons (Fsp3) is 0.632. The summed E-state index contributed by atoms with van der Waals surface area (Å²) in [7, 11) is 0. The molecule has 4 nitrogen and oxygen atoms in total. The molecule has 3 fully saturated rings. The van der Waals surface area contributed by atoms with Crippen molar-refractivity contribution in [3.8, 4) is 0 Å². The smallest absolute Gasteiger partial charge is 0.255 e. The lowest BCUT2D eigenvalue weighted by Crippen LogP contribution is -2.33. The topological polar surface area (TPSA) is 49.6 Å². The van der Waals surface area contributed by atoms with Gasteiger partial charge in [-0.15, -0.1) is 0 Å². The maximum absolute atomic E-state index is 13.0. The van der Waals surface area contributed by atoms with E-state index in [-0.39, 0.29) is 11.9 Å². The number of piperidine rings is 1. The Kier molecular flexibility index (Phi) is 4.44. The highest BCUT2D eigenvalue weighted by molar-refractivity contribution is 6.34. The van der Waals surface area contributed by atoms with Gasteiger partial charge in [0.25, 0.3) is 5.91 Å². The van der Waals surface area contributed by atoms with E-state index in [9.17, 15) is 4.79 Å². The monoisotopic (exact) mass is 347 g/mol. The van der Waals surface area contributed by atoms with E-state index < -0.39 is 0 Å². The predicted octanol–water partition coefficient (Wildman–Crippen LogP) is 3.14. The zero-order valence-electron chi connectivity index (χ0n) is 14.1. The van der Waals surface area contributed by atoms with E-state index in [1.165, 1.54) is 32.1 Å². The first kappa shape index (κ1) is 16.2. The lowest BCUT2D eigenvalue weighted by atomic mass is 9.99. The summed E-state index contributed by atoms with van der Waals surface area (Å²) in [6.07, 6.45) is 6.27. The molecule has 2 N–H and O–H groups in total. The van der Waals surface area contributed by atoms with E-state index in [2.05, 4.69) is 4.90 Å². The molecule has 3 aliphatic rings. The second-order valence-electron chi connectivity index (χ2n) is 7.59. The molecule has 2 atom stereocenters. The summed E-state index contributed by atoms with van der Waals surface area (Å²) in [6.45, 7) is 3.57. The van der Waals surface area contributed by atoms with E-state index in [1.54, 1.807) is 0 Å². The standard InChI is InChI=1S/C19H26ClN3O/c20-17-7-6-14(22-8-2-1-3-9-22)10-15(17)19(24)23-11-16(13-4-5-13)18(21)12-23/h6-7,10,13,16,18H,1-5,8-9,11-12,21H2. The summed E-state index contributed by atoms with van der Waals surface area (Å²) >= 11 is 6.36. The average Bonchev–Trinajstić information content (AvgIpc) is 3.37. The molecule has 2 saturated heterocycles. The van der Waals surface area contributed by atoms with Crippen LogP contribution in [-0.2, 0) is 0 Å². The van der Waals surface area contributed by atoms with Gasteiger partial charge in [-0.05, 0) is 62.1 Å². The van der Waals surface area contributed by atoms with Crippen molar-refractivity contribution >= 4 is 23.2 Å². The molecule has 0 aromatic heterocycles. The summed E-state index contributed by atoms with van der Waals surface area (Å²) in [5.74, 6) is 1.24. The number of halogens is 1. The minimum atomic E-state index is 0.0393. The van der Waals surface area contributed by atoms with Gasteiger partial charge in [0.1, 0.15) is 0 Å². The molecule has 0 radical (unpaired) electrons. The zero-order chi connectivity index (χ0) is 16.7. The lowest BCUT2D eigenvalue weighted by molar-refractivity contribution is 0.0785. The third kappa shape index (κ3) is 3.14. The Morgan fingerprint density at radius 3 is 2.58 bits per heavy atom. The molecule has 1 aromatic carbocycles. The van der Waals surface area contributed by atoms with Crippen molar-refractivity contribution in [3.63, 3.8) is 0 Å². The predicted molar refractivity (Wildman–Crippen MR) is 97.6 cm³/mol. The van der Waals surface area contributed by atoms with Crippen molar-refractivity contribution < 1.29 is 4.79 Å². The minimum absolute atomic E-state index is 0.0393. The van der Waals surface area contributed by atoms with Crippen molar-refractivity contribution in [2.24, 2.45) is 17.6 Å². The molecule has 1 amide bonds. The number of hydrogen-bond donors (Lipinski definition) is 1. The van der Waals surface area contributed by atoms with Crippen molar-refractivity contribution in [1.82, 2.24) is 4.90 Å². The molecule has 2 aliphatic heterocycles. The number of hydrogen-bond acceptors (Lipinski definition) is 3. The van der Waals surface area contributed by atoms with Gasteiger partial charge in [-0.3, -0.25) is 4.79 Å². The van der Waals surface area contributed by atoms with Crippen LogP contribution in [0.2, 0.25) is 5.02 Å². The lowest BCUT2D eigenvalue weighted by Gasteiger charge is -2.29. The average molecular weight is 348 g/mol. The van der Waals surface area contributed by atoms with E-state index in [1.807, 2.05) is 23.1 Å². The number of rotatable bonds is 3. The van der Waals surface area contributed by atoms with Crippen LogP contribution in [0, 0.1) is 11.8 Å². The summed E-state index contributed by atoms with van der Waals surface area (Å²) < 4.78 is 0. The van der Waals surface area contributed by atoms with Gasteiger partial charge in [0.15, 0.2) is 0 Å². The molecule has 0 bridgehead atoms. The number of nitrogens with two attached hydrogens (primary N) is 1. The Morgan fingerprint density at radius 2 is 1.88 bits per heavy atom. The molecular formula is C19H26ClN3O. The van der Waals surface area contributed by atoms with Crippen LogP contribution in [0.4, 0.5) is 5.69 Å². The molecule has 2 unspecified atom stereocenters. The van der Waals surface area contributed by atoms with Crippen LogP contribution in [0.5, 0.6) is 0 Å². The second-order valence-corrected chi connectivity index (χ2v) is 7.99. The maximum atomic E-state index is 13.0. The van der Waals surface area contributed by atoms with Crippen LogP contribution in [0.25, 0.3) is 0 Å². The third-order valence-electron chi connectivity index (χ3n) is 5.83. The quantitative estimate of drug-likeness (QED) is 0.913. The highest BCUT2D eigenvalue weighted by Crippen LogP contribution is 2.41. The Balaban J connectivity index is 1.53. The van der Waals surface area contributed by atoms with E-state index in [4.69, 9.17) is 17.3 Å². The summed E-state index contributed by atoms with van der Waals surface area (Å²) in [5, 5.41) is 0.546. The van der Waals surface area contributed by atoms with Crippen molar-refractivity contribution in [2.45, 2.75) is 38.1 Å². The number of likely N-dealkylation sites (tertiary alicyclic amines) is 1. The number of carbonyl (C=O) groups is 1. The summed E-state index contributed by atoms with van der Waals surface area (Å²) in [6, 6.07) is 6.00. The summed E-state index contributed by atoms with van der Waals surface area (Å²) in [4.78, 5) is 17.3. The highest BCUT2D eigenvalue weighted by atomic mass is 35.5. The van der Waals surface area contributed by atoms with E-state index >= 15 is 0 Å². The van der Waals surface area contributed by atoms with Gasteiger partial charge in [0, 0.05) is 37.9 Å². The Morgan fingerprint density at radius 1 is 1.12 bits per heavy atom. The molecule has 1 aliphatic carbocycles. The number of nitrogens with zero attached hydrogens (tertiary/aromatic N) is 2. The Hall–Kier alpha value is -1.26. The third-order valence-corrected chi connectivity index (χ3v) is 6.16. The van der Waals surface area contributed by atoms with Crippen LogP contribution in [0.3, 0.4) is 0 Å². The van der Waals surface area contributed by atoms with Crippen LogP contribution >= 0.6 is 11.6 Å². The molecule has 2 heterocycles. The number of benzene rings is 1. The van der Waals surface area contributed by atoms with Gasteiger partial charge in [-0.2, -0.15) is 0 Å². The molecule has 1 saturated carbocycles. The van der Waals surface area contributed by atoms with E-state index in [0.717, 1.165) is 31.2 Å². The SMILES string of the molecule is NC1CN(C(=O)c2cc(N3CCCCC3)ccc2Cl)CC1C1CC1. The number of carbonyl (C=O) groups excluding carboxylic acids is 1.